The topological polar surface area (TPSA) is 23.5 Å². The number of hydrogen-bond acceptors (Lipinski definition) is 2. The summed E-state index contributed by atoms with van der Waals surface area (Å²) in [6.07, 6.45) is 0. The lowest BCUT2D eigenvalue weighted by atomic mass is 9.87. The zero-order chi connectivity index (χ0) is 14.6. The zero-order valence-electron chi connectivity index (χ0n) is 12.5. The van der Waals surface area contributed by atoms with Crippen molar-refractivity contribution in [3.05, 3.63) is 71.3 Å². The molecule has 0 heterocycles. The van der Waals surface area contributed by atoms with E-state index in [0.29, 0.717) is 13.1 Å². The Morgan fingerprint density at radius 2 is 1.30 bits per heavy atom. The van der Waals surface area contributed by atoms with Gasteiger partial charge in [0.15, 0.2) is 0 Å². The molecule has 0 amide bonds. The van der Waals surface area contributed by atoms with Crippen LogP contribution in [0.4, 0.5) is 0 Å². The standard InChI is InChI=1S/C18H23NO/c1-18(2,3)17-11-9-16(10-12-17)14-19(20)13-15-7-5-4-6-8-15/h4-12,20H,13-14H2,1-3H3. The van der Waals surface area contributed by atoms with E-state index in [9.17, 15) is 5.21 Å². The number of hydrogen-bond donors (Lipinski definition) is 1. The summed E-state index contributed by atoms with van der Waals surface area (Å²) in [4.78, 5) is 0. The number of benzene rings is 2. The third kappa shape index (κ3) is 4.19. The van der Waals surface area contributed by atoms with E-state index in [0.717, 1.165) is 11.1 Å². The minimum atomic E-state index is 0.168. The fourth-order valence-corrected chi connectivity index (χ4v) is 2.17. The minimum absolute atomic E-state index is 0.168. The van der Waals surface area contributed by atoms with Crippen molar-refractivity contribution < 1.29 is 5.21 Å². The Hall–Kier alpha value is -1.64. The molecule has 0 aliphatic carbocycles. The van der Waals surface area contributed by atoms with Crippen molar-refractivity contribution in [2.45, 2.75) is 39.3 Å². The van der Waals surface area contributed by atoms with Gasteiger partial charge in [0.25, 0.3) is 0 Å². The molecular weight excluding hydrogens is 246 g/mol. The highest BCUT2D eigenvalue weighted by atomic mass is 16.5. The fraction of sp³-hybridized carbons (Fsp3) is 0.333. The number of hydroxylamine groups is 2. The second kappa shape index (κ2) is 6.21. The highest BCUT2D eigenvalue weighted by Crippen LogP contribution is 2.22. The van der Waals surface area contributed by atoms with Crippen molar-refractivity contribution in [2.75, 3.05) is 0 Å². The Labute approximate surface area is 121 Å². The molecule has 0 radical (unpaired) electrons. The van der Waals surface area contributed by atoms with Crippen LogP contribution in [-0.4, -0.2) is 10.3 Å². The lowest BCUT2D eigenvalue weighted by Gasteiger charge is -2.20. The van der Waals surface area contributed by atoms with Gasteiger partial charge in [0.1, 0.15) is 0 Å². The molecule has 0 unspecified atom stereocenters. The van der Waals surface area contributed by atoms with Gasteiger partial charge >= 0.3 is 0 Å². The monoisotopic (exact) mass is 269 g/mol. The lowest BCUT2D eigenvalue weighted by Crippen LogP contribution is -2.18. The molecule has 2 rings (SSSR count). The average Bonchev–Trinajstić information content (AvgIpc) is 2.39. The van der Waals surface area contributed by atoms with E-state index in [1.54, 1.807) is 0 Å². The van der Waals surface area contributed by atoms with Crippen LogP contribution >= 0.6 is 0 Å². The van der Waals surface area contributed by atoms with Crippen LogP contribution in [0.5, 0.6) is 0 Å². The second-order valence-electron chi connectivity index (χ2n) is 6.26. The minimum Gasteiger partial charge on any atom is -0.313 e. The maximum atomic E-state index is 10.0. The SMILES string of the molecule is CC(C)(C)c1ccc(CN(O)Cc2ccccc2)cc1. The maximum absolute atomic E-state index is 10.0. The Morgan fingerprint density at radius 1 is 0.800 bits per heavy atom. The van der Waals surface area contributed by atoms with Gasteiger partial charge < -0.3 is 5.21 Å². The predicted molar refractivity (Wildman–Crippen MR) is 82.6 cm³/mol. The molecule has 1 N–H and O–H groups in total. The maximum Gasteiger partial charge on any atom is 0.0492 e. The molecule has 106 valence electrons. The van der Waals surface area contributed by atoms with Crippen LogP contribution in [0.3, 0.4) is 0 Å². The van der Waals surface area contributed by atoms with E-state index < -0.39 is 0 Å². The van der Waals surface area contributed by atoms with E-state index in [1.807, 2.05) is 30.3 Å². The molecule has 20 heavy (non-hydrogen) atoms. The van der Waals surface area contributed by atoms with Crippen LogP contribution in [0.1, 0.15) is 37.5 Å². The first-order valence-corrected chi connectivity index (χ1v) is 7.02. The first kappa shape index (κ1) is 14.8. The van der Waals surface area contributed by atoms with Crippen molar-refractivity contribution in [1.82, 2.24) is 5.06 Å². The molecular formula is C18H23NO. The van der Waals surface area contributed by atoms with Gasteiger partial charge in [-0.2, -0.15) is 5.06 Å². The predicted octanol–water partition coefficient (Wildman–Crippen LogP) is 4.38. The van der Waals surface area contributed by atoms with E-state index in [-0.39, 0.29) is 5.41 Å². The largest absolute Gasteiger partial charge is 0.313 e. The van der Waals surface area contributed by atoms with Gasteiger partial charge in [-0.05, 0) is 22.1 Å². The first-order valence-electron chi connectivity index (χ1n) is 7.02. The second-order valence-corrected chi connectivity index (χ2v) is 6.26. The van der Waals surface area contributed by atoms with Crippen LogP contribution in [0.25, 0.3) is 0 Å². The van der Waals surface area contributed by atoms with E-state index in [1.165, 1.54) is 10.6 Å². The van der Waals surface area contributed by atoms with Crippen LogP contribution < -0.4 is 0 Å². The summed E-state index contributed by atoms with van der Waals surface area (Å²) in [5.74, 6) is 0. The third-order valence-electron chi connectivity index (χ3n) is 3.39. The summed E-state index contributed by atoms with van der Waals surface area (Å²) >= 11 is 0. The van der Waals surface area contributed by atoms with Crippen LogP contribution in [-0.2, 0) is 18.5 Å². The van der Waals surface area contributed by atoms with Gasteiger partial charge in [-0.15, -0.1) is 0 Å². The molecule has 0 aliphatic rings. The van der Waals surface area contributed by atoms with Crippen molar-refractivity contribution in [1.29, 1.82) is 0 Å². The normalized spacial score (nSPS) is 11.8. The molecule has 0 atom stereocenters. The van der Waals surface area contributed by atoms with Crippen LogP contribution in [0.2, 0.25) is 0 Å². The Kier molecular flexibility index (Phi) is 4.58. The molecule has 2 aromatic carbocycles. The Morgan fingerprint density at radius 3 is 1.80 bits per heavy atom. The van der Waals surface area contributed by atoms with E-state index in [4.69, 9.17) is 0 Å². The van der Waals surface area contributed by atoms with Gasteiger partial charge in [-0.1, -0.05) is 75.4 Å². The molecule has 0 saturated heterocycles. The van der Waals surface area contributed by atoms with Crippen molar-refractivity contribution >= 4 is 0 Å². The third-order valence-corrected chi connectivity index (χ3v) is 3.39. The summed E-state index contributed by atoms with van der Waals surface area (Å²) in [6, 6.07) is 18.5. The molecule has 2 heteroatoms. The molecule has 0 spiro atoms. The van der Waals surface area contributed by atoms with Crippen LogP contribution in [0, 0.1) is 0 Å². The lowest BCUT2D eigenvalue weighted by molar-refractivity contribution is -0.108. The van der Waals surface area contributed by atoms with E-state index >= 15 is 0 Å². The molecule has 0 aromatic heterocycles. The molecule has 2 aromatic rings. The molecule has 2 nitrogen and oxygen atoms in total. The van der Waals surface area contributed by atoms with E-state index in [2.05, 4.69) is 45.0 Å². The summed E-state index contributed by atoms with van der Waals surface area (Å²) in [7, 11) is 0. The quantitative estimate of drug-likeness (QED) is 0.833. The Bertz CT molecular complexity index is 526. The molecule has 0 saturated carbocycles. The zero-order valence-corrected chi connectivity index (χ0v) is 12.5. The number of rotatable bonds is 4. The Balaban J connectivity index is 1.96. The highest BCUT2D eigenvalue weighted by Gasteiger charge is 2.13. The summed E-state index contributed by atoms with van der Waals surface area (Å²) < 4.78 is 0. The fourth-order valence-electron chi connectivity index (χ4n) is 2.17. The van der Waals surface area contributed by atoms with Gasteiger partial charge in [-0.3, -0.25) is 0 Å². The smallest absolute Gasteiger partial charge is 0.0492 e. The van der Waals surface area contributed by atoms with Gasteiger partial charge in [0.2, 0.25) is 0 Å². The van der Waals surface area contributed by atoms with Crippen molar-refractivity contribution in [3.63, 3.8) is 0 Å². The molecule has 0 fully saturated rings. The van der Waals surface area contributed by atoms with Crippen LogP contribution in [0.15, 0.2) is 54.6 Å². The first-order chi connectivity index (χ1) is 9.45. The highest BCUT2D eigenvalue weighted by molar-refractivity contribution is 5.27. The summed E-state index contributed by atoms with van der Waals surface area (Å²) in [5.41, 5.74) is 3.72. The summed E-state index contributed by atoms with van der Waals surface area (Å²) in [5, 5.41) is 11.4. The average molecular weight is 269 g/mol. The van der Waals surface area contributed by atoms with Crippen molar-refractivity contribution in [3.8, 4) is 0 Å². The molecule has 0 bridgehead atoms. The van der Waals surface area contributed by atoms with Crippen molar-refractivity contribution in [2.24, 2.45) is 0 Å². The number of nitrogens with zero attached hydrogens (tertiary/aromatic N) is 1. The van der Waals surface area contributed by atoms with Gasteiger partial charge in [-0.25, -0.2) is 0 Å². The van der Waals surface area contributed by atoms with Gasteiger partial charge in [0.05, 0.1) is 0 Å². The van der Waals surface area contributed by atoms with Gasteiger partial charge in [0, 0.05) is 13.1 Å². The summed E-state index contributed by atoms with van der Waals surface area (Å²) in [6.45, 7) is 7.70. The molecule has 0 aliphatic heterocycles.